The number of ether oxygens (including phenoxy) is 4. The third-order valence-electron chi connectivity index (χ3n) is 10.0. The molecule has 2 aliphatic rings. The normalized spacial score (nSPS) is 18.3. The molecular formula is C43H61N8O14S2+. The second-order valence-corrected chi connectivity index (χ2v) is 21.6. The van der Waals surface area contributed by atoms with Crippen molar-refractivity contribution in [3.63, 3.8) is 0 Å². The number of carbonyl (C=O) groups is 5. The van der Waals surface area contributed by atoms with E-state index >= 15 is 0 Å². The lowest BCUT2D eigenvalue weighted by molar-refractivity contribution is -0.753. The molecule has 2 aromatic heterocycles. The molecule has 1 fully saturated rings. The second kappa shape index (κ2) is 19.4. The number of hydrogen-bond acceptors (Lipinski definition) is 16. The first kappa shape index (κ1) is 52.1. The van der Waals surface area contributed by atoms with Crippen molar-refractivity contribution in [3.8, 4) is 16.9 Å². The lowest BCUT2D eigenvalue weighted by Crippen LogP contribution is -2.76. The van der Waals surface area contributed by atoms with Gasteiger partial charge in [-0.1, -0.05) is 11.2 Å². The summed E-state index contributed by atoms with van der Waals surface area (Å²) in [5.41, 5.74) is -3.95. The van der Waals surface area contributed by atoms with Gasteiger partial charge in [0.1, 0.15) is 34.3 Å². The van der Waals surface area contributed by atoms with Crippen LogP contribution in [0.25, 0.3) is 11.1 Å². The van der Waals surface area contributed by atoms with Gasteiger partial charge in [0.25, 0.3) is 17.4 Å². The fourth-order valence-corrected chi connectivity index (χ4v) is 7.97. The van der Waals surface area contributed by atoms with Gasteiger partial charge in [0, 0.05) is 11.9 Å². The van der Waals surface area contributed by atoms with Crippen molar-refractivity contribution in [1.29, 1.82) is 0 Å². The predicted octanol–water partition coefficient (Wildman–Crippen LogP) is 4.75. The predicted molar refractivity (Wildman–Crippen MR) is 242 cm³/mol. The molecule has 0 bridgehead atoms. The van der Waals surface area contributed by atoms with Crippen molar-refractivity contribution in [2.24, 2.45) is 12.2 Å². The fraction of sp³-hybridized carbons (Fsp3) is 0.581. The van der Waals surface area contributed by atoms with Crippen LogP contribution in [0.5, 0.6) is 5.75 Å². The van der Waals surface area contributed by atoms with E-state index in [0.29, 0.717) is 36.7 Å². The van der Waals surface area contributed by atoms with Gasteiger partial charge in [0.15, 0.2) is 24.0 Å². The van der Waals surface area contributed by atoms with Crippen molar-refractivity contribution < 1.29 is 69.7 Å². The van der Waals surface area contributed by atoms with E-state index in [1.807, 2.05) is 40.9 Å². The molecule has 3 aromatic rings. The minimum Gasteiger partial charge on any atom is -0.485 e. The fourth-order valence-electron chi connectivity index (χ4n) is 6.84. The minimum atomic E-state index is -5.09. The topological polar surface area (TPSA) is 268 Å². The zero-order chi connectivity index (χ0) is 50.1. The number of carbonyl (C=O) groups excluding carboxylic acids is 5. The van der Waals surface area contributed by atoms with Gasteiger partial charge in [-0.2, -0.15) is 18.2 Å². The number of rotatable bonds is 15. The number of alkyl carbamates (subject to hydrolysis) is 1. The Morgan fingerprint density at radius 2 is 1.63 bits per heavy atom. The van der Waals surface area contributed by atoms with Crippen LogP contribution in [0.15, 0.2) is 41.1 Å². The Morgan fingerprint density at radius 3 is 2.24 bits per heavy atom. The number of nitrogens with zero attached hydrogens (tertiary/aromatic N) is 5. The number of aryl methyl sites for hydroxylation is 3. The number of thiazole rings is 1. The number of nitrogens with one attached hydrogen (secondary N) is 3. The van der Waals surface area contributed by atoms with Crippen LogP contribution in [0, 0.1) is 0 Å². The van der Waals surface area contributed by atoms with E-state index in [4.69, 9.17) is 23.8 Å². The van der Waals surface area contributed by atoms with Gasteiger partial charge in [-0.25, -0.2) is 19.4 Å². The van der Waals surface area contributed by atoms with E-state index in [9.17, 15) is 36.9 Å². The number of esters is 1. The second-order valence-electron chi connectivity index (χ2n) is 19.7. The highest BCUT2D eigenvalue weighted by Gasteiger charge is 2.58. The van der Waals surface area contributed by atoms with Crippen LogP contribution in [0.4, 0.5) is 14.7 Å². The molecule has 4 heterocycles. The van der Waals surface area contributed by atoms with E-state index in [1.165, 1.54) is 26.2 Å². The van der Waals surface area contributed by atoms with E-state index < -0.39 is 86.2 Å². The van der Waals surface area contributed by atoms with Gasteiger partial charge < -0.3 is 34.4 Å². The number of hydrogen-bond donors (Lipinski definition) is 4. The van der Waals surface area contributed by atoms with Crippen molar-refractivity contribution in [3.05, 3.63) is 47.2 Å². The van der Waals surface area contributed by atoms with Crippen LogP contribution in [-0.4, -0.2) is 110 Å². The summed E-state index contributed by atoms with van der Waals surface area (Å²) in [6.45, 7) is 20.7. The molecule has 0 aliphatic carbocycles. The summed E-state index contributed by atoms with van der Waals surface area (Å²) >= 11 is 0.905. The van der Waals surface area contributed by atoms with Gasteiger partial charge in [0.05, 0.1) is 23.8 Å². The number of oxime groups is 1. The molecule has 3 unspecified atom stereocenters. The van der Waals surface area contributed by atoms with Crippen LogP contribution >= 0.6 is 11.3 Å². The molecule has 4 amide bonds. The lowest BCUT2D eigenvalue weighted by atomic mass is 9.84. The van der Waals surface area contributed by atoms with E-state index in [1.54, 1.807) is 68.4 Å². The number of benzene rings is 1. The summed E-state index contributed by atoms with van der Waals surface area (Å²) in [7, 11) is -3.17. The maximum atomic E-state index is 14.2. The Kier molecular flexibility index (Phi) is 15.1. The van der Waals surface area contributed by atoms with Crippen LogP contribution < -0.4 is 25.4 Å². The van der Waals surface area contributed by atoms with Crippen LogP contribution in [0.1, 0.15) is 107 Å². The number of aromatic nitrogens is 3. The summed E-state index contributed by atoms with van der Waals surface area (Å²) in [4.78, 5) is 76.4. The zero-order valence-corrected chi connectivity index (χ0v) is 41.6. The van der Waals surface area contributed by atoms with Gasteiger partial charge >= 0.3 is 28.6 Å². The monoisotopic (exact) mass is 977 g/mol. The first-order valence-corrected chi connectivity index (χ1v) is 23.6. The molecular weight excluding hydrogens is 917 g/mol. The zero-order valence-electron chi connectivity index (χ0n) is 40.0. The minimum absolute atomic E-state index is 0.00284. The van der Waals surface area contributed by atoms with Gasteiger partial charge in [-0.15, -0.1) is 20.3 Å². The van der Waals surface area contributed by atoms with Crippen LogP contribution in [0.3, 0.4) is 0 Å². The Balaban J connectivity index is 1.41. The molecule has 1 aromatic carbocycles. The number of anilines is 1. The molecule has 4 N–H and O–H groups in total. The third kappa shape index (κ3) is 13.6. The van der Waals surface area contributed by atoms with Crippen molar-refractivity contribution in [2.45, 2.75) is 149 Å². The molecule has 2 aliphatic heterocycles. The maximum Gasteiger partial charge on any atom is 0.418 e. The van der Waals surface area contributed by atoms with E-state index in [0.717, 1.165) is 28.0 Å². The molecule has 0 spiro atoms. The van der Waals surface area contributed by atoms with Crippen molar-refractivity contribution >= 4 is 62.5 Å². The lowest BCUT2D eigenvalue weighted by Gasteiger charge is -2.50. The third-order valence-corrected chi connectivity index (χ3v) is 11.1. The van der Waals surface area contributed by atoms with Gasteiger partial charge in [-0.3, -0.25) is 19.5 Å². The molecule has 1 saturated heterocycles. The standard InChI is InChI=1S/C43H60N8O14S2/c1-39(2,3)61-35(54)43(12,30-18-16-26-21-25(15-17-29(26)60-30)27-22-49(13)50(23-27)20-14-19-44-37(55)62-40(4,5)6)64-48-31(28-24-66-36(45-28)47-38(56)63-41(7,8)9)33(52)46-32-34(53)51(42(32,10)11)65-67(57,58)59/h15,17,21-24,30,32H,14,16,18-20H2,1-13H3,(H3-,44,45,46,47,52,55,56,57,58,59)/p+1/b48-31-. The van der Waals surface area contributed by atoms with E-state index in [2.05, 4.69) is 30.4 Å². The Labute approximate surface area is 393 Å². The highest BCUT2D eigenvalue weighted by atomic mass is 32.3. The molecule has 0 radical (unpaired) electrons. The highest BCUT2D eigenvalue weighted by molar-refractivity contribution is 7.80. The molecule has 368 valence electrons. The highest BCUT2D eigenvalue weighted by Crippen LogP contribution is 2.38. The molecule has 0 saturated carbocycles. The number of amides is 4. The van der Waals surface area contributed by atoms with Gasteiger partial charge in [0.2, 0.25) is 6.20 Å². The average molecular weight is 978 g/mol. The summed E-state index contributed by atoms with van der Waals surface area (Å²) in [5.74, 6) is -2.48. The summed E-state index contributed by atoms with van der Waals surface area (Å²) in [6.07, 6.45) is 2.99. The Bertz CT molecular complexity index is 2520. The SMILES string of the molecule is C[n+]1cc(-c2ccc3c(c2)CCC(C(C)(O/N=C(\C(=O)NC2C(=O)N(OS(=O)(=O)O)C2(C)C)c2csc(NC(=O)OC(C)(C)C)n2)C(=O)OC(C)(C)C)O3)cn1CCCNC(=O)OC(C)(C)C. The molecule has 24 heteroatoms. The maximum absolute atomic E-state index is 14.2. The van der Waals surface area contributed by atoms with Crippen molar-refractivity contribution in [2.75, 3.05) is 11.9 Å². The number of β-lactam (4-membered cyclic amide) rings is 1. The number of fused-ring (bicyclic) bond motifs is 1. The molecule has 22 nitrogen and oxygen atoms in total. The largest absolute Gasteiger partial charge is 0.485 e. The first-order chi connectivity index (χ1) is 30.7. The van der Waals surface area contributed by atoms with Crippen molar-refractivity contribution in [1.82, 2.24) is 25.4 Å². The van der Waals surface area contributed by atoms with Crippen LogP contribution in [0.2, 0.25) is 0 Å². The summed E-state index contributed by atoms with van der Waals surface area (Å²) in [5, 5.41) is 13.7. The first-order valence-electron chi connectivity index (χ1n) is 21.3. The molecule has 5 rings (SSSR count). The quantitative estimate of drug-likeness (QED) is 0.0234. The summed E-state index contributed by atoms with van der Waals surface area (Å²) < 4.78 is 63.4. The van der Waals surface area contributed by atoms with Gasteiger partial charge in [-0.05, 0) is 126 Å². The summed E-state index contributed by atoms with van der Waals surface area (Å²) in [6, 6.07) is 4.27. The Hall–Kier alpha value is -5.85. The smallest absolute Gasteiger partial charge is 0.418 e. The molecule has 3 atom stereocenters. The average Bonchev–Trinajstić information content (AvgIpc) is 3.80. The van der Waals surface area contributed by atoms with Crippen LogP contribution in [-0.2, 0) is 68.1 Å². The Morgan fingerprint density at radius 1 is 0.985 bits per heavy atom. The number of hydroxylamine groups is 2. The van der Waals surface area contributed by atoms with E-state index in [-0.39, 0.29) is 17.2 Å². The molecule has 67 heavy (non-hydrogen) atoms.